The highest BCUT2D eigenvalue weighted by atomic mass is 16.5. The lowest BCUT2D eigenvalue weighted by Gasteiger charge is -2.23. The maximum absolute atomic E-state index is 12.1. The number of Topliss-reactive ketones (excluding diaryl/α,β-unsaturated/α-hetero) is 1. The number of methoxy groups -OCH3 is 2. The van der Waals surface area contributed by atoms with Crippen LogP contribution in [-0.4, -0.2) is 20.0 Å². The van der Waals surface area contributed by atoms with Crippen molar-refractivity contribution in [2.45, 2.75) is 19.8 Å². The highest BCUT2D eigenvalue weighted by Crippen LogP contribution is 2.37. The summed E-state index contributed by atoms with van der Waals surface area (Å²) in [6.07, 6.45) is 1.76. The van der Waals surface area contributed by atoms with Crippen LogP contribution in [0.25, 0.3) is 0 Å². The first-order valence-corrected chi connectivity index (χ1v) is 5.47. The molecule has 0 saturated heterocycles. The SMILES string of the molecule is COc1ccc(OC)c2c1CCC(C)C2=O. The van der Waals surface area contributed by atoms with Gasteiger partial charge in [-0.2, -0.15) is 0 Å². The first kappa shape index (κ1) is 11.0. The summed E-state index contributed by atoms with van der Waals surface area (Å²) in [6, 6.07) is 3.66. The number of carbonyl (C=O) groups is 1. The number of ether oxygens (including phenoxy) is 2. The Kier molecular flexibility index (Phi) is 2.86. The first-order valence-electron chi connectivity index (χ1n) is 5.47. The van der Waals surface area contributed by atoms with Crippen LogP contribution in [0.4, 0.5) is 0 Å². The molecule has 0 N–H and O–H groups in total. The maximum atomic E-state index is 12.1. The molecule has 0 bridgehead atoms. The zero-order valence-electron chi connectivity index (χ0n) is 9.87. The van der Waals surface area contributed by atoms with Gasteiger partial charge in [-0.25, -0.2) is 0 Å². The number of benzene rings is 1. The number of hydrogen-bond donors (Lipinski definition) is 0. The number of carbonyl (C=O) groups excluding carboxylic acids is 1. The van der Waals surface area contributed by atoms with Crippen molar-refractivity contribution >= 4 is 5.78 Å². The van der Waals surface area contributed by atoms with E-state index in [0.717, 1.165) is 24.2 Å². The molecule has 0 heterocycles. The van der Waals surface area contributed by atoms with Crippen molar-refractivity contribution in [2.24, 2.45) is 5.92 Å². The molecule has 0 saturated carbocycles. The van der Waals surface area contributed by atoms with Gasteiger partial charge in [-0.1, -0.05) is 6.92 Å². The van der Waals surface area contributed by atoms with Crippen LogP contribution in [0.5, 0.6) is 11.5 Å². The Hall–Kier alpha value is -1.51. The lowest BCUT2D eigenvalue weighted by atomic mass is 9.83. The minimum atomic E-state index is 0.0773. The molecule has 16 heavy (non-hydrogen) atoms. The van der Waals surface area contributed by atoms with E-state index in [2.05, 4.69) is 0 Å². The van der Waals surface area contributed by atoms with Crippen LogP contribution in [0.2, 0.25) is 0 Å². The molecule has 0 fully saturated rings. The lowest BCUT2D eigenvalue weighted by Crippen LogP contribution is -2.21. The van der Waals surface area contributed by atoms with Crippen molar-refractivity contribution in [2.75, 3.05) is 14.2 Å². The fourth-order valence-corrected chi connectivity index (χ4v) is 2.23. The number of fused-ring (bicyclic) bond motifs is 1. The number of hydrogen-bond acceptors (Lipinski definition) is 3. The van der Waals surface area contributed by atoms with Crippen molar-refractivity contribution in [1.82, 2.24) is 0 Å². The minimum absolute atomic E-state index is 0.0773. The van der Waals surface area contributed by atoms with E-state index < -0.39 is 0 Å². The Morgan fingerprint density at radius 2 is 1.81 bits per heavy atom. The van der Waals surface area contributed by atoms with Gasteiger partial charge in [0.15, 0.2) is 5.78 Å². The minimum Gasteiger partial charge on any atom is -0.496 e. The zero-order valence-corrected chi connectivity index (χ0v) is 9.87. The van der Waals surface area contributed by atoms with Crippen LogP contribution in [0.3, 0.4) is 0 Å². The second kappa shape index (κ2) is 4.16. The molecule has 1 aromatic carbocycles. The molecule has 1 aliphatic carbocycles. The van der Waals surface area contributed by atoms with Gasteiger partial charge in [0, 0.05) is 11.5 Å². The molecular formula is C13H16O3. The van der Waals surface area contributed by atoms with Crippen LogP contribution < -0.4 is 9.47 Å². The molecular weight excluding hydrogens is 204 g/mol. The molecule has 3 nitrogen and oxygen atoms in total. The quantitative estimate of drug-likeness (QED) is 0.768. The molecule has 3 heteroatoms. The van der Waals surface area contributed by atoms with E-state index in [0.29, 0.717) is 11.3 Å². The predicted octanol–water partition coefficient (Wildman–Crippen LogP) is 2.47. The van der Waals surface area contributed by atoms with Crippen molar-refractivity contribution < 1.29 is 14.3 Å². The van der Waals surface area contributed by atoms with Crippen molar-refractivity contribution in [3.8, 4) is 11.5 Å². The van der Waals surface area contributed by atoms with E-state index in [1.807, 2.05) is 13.0 Å². The fourth-order valence-electron chi connectivity index (χ4n) is 2.23. The molecule has 0 radical (unpaired) electrons. The fraction of sp³-hybridized carbons (Fsp3) is 0.462. The average molecular weight is 220 g/mol. The molecule has 0 amide bonds. The summed E-state index contributed by atoms with van der Waals surface area (Å²) >= 11 is 0. The third kappa shape index (κ3) is 1.56. The largest absolute Gasteiger partial charge is 0.496 e. The second-order valence-corrected chi connectivity index (χ2v) is 4.13. The Bertz CT molecular complexity index is 423. The Morgan fingerprint density at radius 1 is 1.19 bits per heavy atom. The van der Waals surface area contributed by atoms with E-state index in [-0.39, 0.29) is 11.7 Å². The second-order valence-electron chi connectivity index (χ2n) is 4.13. The monoisotopic (exact) mass is 220 g/mol. The van der Waals surface area contributed by atoms with Gasteiger partial charge >= 0.3 is 0 Å². The number of rotatable bonds is 2. The van der Waals surface area contributed by atoms with E-state index in [1.54, 1.807) is 20.3 Å². The number of ketones is 1. The first-order chi connectivity index (χ1) is 7.69. The third-order valence-electron chi connectivity index (χ3n) is 3.19. The van der Waals surface area contributed by atoms with Gasteiger partial charge < -0.3 is 9.47 Å². The molecule has 1 aromatic rings. The smallest absolute Gasteiger partial charge is 0.169 e. The zero-order chi connectivity index (χ0) is 11.7. The molecule has 1 aliphatic rings. The van der Waals surface area contributed by atoms with Crippen LogP contribution in [0, 0.1) is 5.92 Å². The highest BCUT2D eigenvalue weighted by molar-refractivity contribution is 6.03. The molecule has 86 valence electrons. The summed E-state index contributed by atoms with van der Waals surface area (Å²) in [4.78, 5) is 12.1. The van der Waals surface area contributed by atoms with Crippen molar-refractivity contribution in [1.29, 1.82) is 0 Å². The molecule has 0 aliphatic heterocycles. The standard InChI is InChI=1S/C13H16O3/c1-8-4-5-9-10(15-2)6-7-11(16-3)12(9)13(8)14/h6-8H,4-5H2,1-3H3. The van der Waals surface area contributed by atoms with Gasteiger partial charge in [-0.05, 0) is 25.0 Å². The summed E-state index contributed by atoms with van der Waals surface area (Å²) in [7, 11) is 3.22. The van der Waals surface area contributed by atoms with E-state index in [9.17, 15) is 4.79 Å². The van der Waals surface area contributed by atoms with Gasteiger partial charge in [0.1, 0.15) is 11.5 Å². The molecule has 1 atom stereocenters. The van der Waals surface area contributed by atoms with Crippen LogP contribution in [0.15, 0.2) is 12.1 Å². The Morgan fingerprint density at radius 3 is 2.44 bits per heavy atom. The predicted molar refractivity (Wildman–Crippen MR) is 61.4 cm³/mol. The Balaban J connectivity index is 2.61. The van der Waals surface area contributed by atoms with E-state index >= 15 is 0 Å². The molecule has 0 spiro atoms. The van der Waals surface area contributed by atoms with Gasteiger partial charge in [0.2, 0.25) is 0 Å². The summed E-state index contributed by atoms with van der Waals surface area (Å²) < 4.78 is 10.5. The summed E-state index contributed by atoms with van der Waals surface area (Å²) in [6.45, 7) is 1.96. The Labute approximate surface area is 95.4 Å². The van der Waals surface area contributed by atoms with Crippen LogP contribution in [-0.2, 0) is 6.42 Å². The van der Waals surface area contributed by atoms with Gasteiger partial charge in [-0.15, -0.1) is 0 Å². The van der Waals surface area contributed by atoms with Gasteiger partial charge in [0.25, 0.3) is 0 Å². The van der Waals surface area contributed by atoms with Crippen LogP contribution in [0.1, 0.15) is 29.3 Å². The lowest BCUT2D eigenvalue weighted by molar-refractivity contribution is 0.0909. The molecule has 1 unspecified atom stereocenters. The topological polar surface area (TPSA) is 35.5 Å². The van der Waals surface area contributed by atoms with Gasteiger partial charge in [-0.3, -0.25) is 4.79 Å². The van der Waals surface area contributed by atoms with E-state index in [1.165, 1.54) is 0 Å². The maximum Gasteiger partial charge on any atom is 0.169 e. The summed E-state index contributed by atoms with van der Waals surface area (Å²) in [5.41, 5.74) is 1.70. The third-order valence-corrected chi connectivity index (χ3v) is 3.19. The summed E-state index contributed by atoms with van der Waals surface area (Å²) in [5.74, 6) is 1.69. The molecule has 0 aromatic heterocycles. The molecule has 2 rings (SSSR count). The van der Waals surface area contributed by atoms with E-state index in [4.69, 9.17) is 9.47 Å². The summed E-state index contributed by atoms with van der Waals surface area (Å²) in [5, 5.41) is 0. The van der Waals surface area contributed by atoms with Crippen molar-refractivity contribution in [3.63, 3.8) is 0 Å². The average Bonchev–Trinajstić information content (AvgIpc) is 2.32. The normalized spacial score (nSPS) is 19.2. The van der Waals surface area contributed by atoms with Crippen molar-refractivity contribution in [3.05, 3.63) is 23.3 Å². The van der Waals surface area contributed by atoms with Gasteiger partial charge in [0.05, 0.1) is 19.8 Å². The highest BCUT2D eigenvalue weighted by Gasteiger charge is 2.29. The van der Waals surface area contributed by atoms with Crippen LogP contribution >= 0.6 is 0 Å².